The van der Waals surface area contributed by atoms with Gasteiger partial charge in [-0.15, -0.1) is 0 Å². The van der Waals surface area contributed by atoms with Gasteiger partial charge in [0.1, 0.15) is 11.8 Å². The first kappa shape index (κ1) is 17.3. The van der Waals surface area contributed by atoms with Gasteiger partial charge in [-0.2, -0.15) is 5.10 Å². The SMILES string of the molecule is NC(=O)[C@@H]1CC(C(=O)N2CCC[C@H]2c2ccccc2)=NN1c1ccccc1. The van der Waals surface area contributed by atoms with Crippen molar-refractivity contribution in [2.45, 2.75) is 31.3 Å². The maximum atomic E-state index is 13.2. The van der Waals surface area contributed by atoms with Crippen LogP contribution in [0.1, 0.15) is 30.9 Å². The maximum absolute atomic E-state index is 13.2. The number of likely N-dealkylation sites (tertiary alicyclic amines) is 1. The minimum atomic E-state index is -0.635. The summed E-state index contributed by atoms with van der Waals surface area (Å²) in [6.45, 7) is 0.698. The summed E-state index contributed by atoms with van der Waals surface area (Å²) < 4.78 is 0. The minimum absolute atomic E-state index is 0.0548. The molecule has 0 aliphatic carbocycles. The third-order valence-corrected chi connectivity index (χ3v) is 5.20. The fraction of sp³-hybridized carbons (Fsp3) is 0.286. The molecule has 2 aliphatic rings. The number of hydrogen-bond donors (Lipinski definition) is 1. The smallest absolute Gasteiger partial charge is 0.270 e. The molecule has 2 atom stereocenters. The standard InChI is InChI=1S/C21H22N4O2/c22-20(26)19-14-17(23-25(19)16-10-5-2-6-11-16)21(27)24-13-7-12-18(24)15-8-3-1-4-9-15/h1-6,8-11,18-19H,7,12-14H2,(H2,22,26)/t18-,19-/m0/s1. The van der Waals surface area contributed by atoms with E-state index in [1.165, 1.54) is 0 Å². The quantitative estimate of drug-likeness (QED) is 0.907. The lowest BCUT2D eigenvalue weighted by molar-refractivity contribution is -0.125. The fourth-order valence-corrected chi connectivity index (χ4v) is 3.88. The van der Waals surface area contributed by atoms with Gasteiger partial charge in [0.25, 0.3) is 5.91 Å². The Morgan fingerprint density at radius 2 is 1.67 bits per heavy atom. The molecule has 0 aromatic heterocycles. The molecule has 0 unspecified atom stereocenters. The number of anilines is 1. The van der Waals surface area contributed by atoms with Gasteiger partial charge in [0.05, 0.1) is 11.7 Å². The Kier molecular flexibility index (Phi) is 4.62. The molecule has 2 heterocycles. The largest absolute Gasteiger partial charge is 0.368 e. The third-order valence-electron chi connectivity index (χ3n) is 5.20. The van der Waals surface area contributed by atoms with Crippen LogP contribution in [-0.4, -0.2) is 35.0 Å². The number of benzene rings is 2. The predicted molar refractivity (Wildman–Crippen MR) is 104 cm³/mol. The van der Waals surface area contributed by atoms with E-state index in [-0.39, 0.29) is 18.4 Å². The first-order valence-corrected chi connectivity index (χ1v) is 9.22. The molecular formula is C21H22N4O2. The van der Waals surface area contributed by atoms with Crippen LogP contribution in [0.25, 0.3) is 0 Å². The molecule has 4 rings (SSSR count). The summed E-state index contributed by atoms with van der Waals surface area (Å²) in [5, 5.41) is 6.06. The number of hydrazone groups is 1. The zero-order valence-corrected chi connectivity index (χ0v) is 15.0. The Labute approximate surface area is 158 Å². The number of carbonyl (C=O) groups excluding carboxylic acids is 2. The van der Waals surface area contributed by atoms with Crippen LogP contribution in [-0.2, 0) is 9.59 Å². The highest BCUT2D eigenvalue weighted by atomic mass is 16.2. The van der Waals surface area contributed by atoms with Crippen LogP contribution >= 0.6 is 0 Å². The van der Waals surface area contributed by atoms with E-state index in [4.69, 9.17) is 5.73 Å². The molecule has 138 valence electrons. The highest BCUT2D eigenvalue weighted by Gasteiger charge is 2.39. The lowest BCUT2D eigenvalue weighted by Gasteiger charge is -2.24. The van der Waals surface area contributed by atoms with Crippen LogP contribution < -0.4 is 10.7 Å². The van der Waals surface area contributed by atoms with Gasteiger partial charge >= 0.3 is 0 Å². The van der Waals surface area contributed by atoms with Crippen molar-refractivity contribution in [1.82, 2.24) is 4.90 Å². The molecule has 6 nitrogen and oxygen atoms in total. The second-order valence-corrected chi connectivity index (χ2v) is 6.92. The average molecular weight is 362 g/mol. The molecule has 2 aliphatic heterocycles. The molecule has 6 heteroatoms. The molecule has 0 saturated carbocycles. The summed E-state index contributed by atoms with van der Waals surface area (Å²) >= 11 is 0. The van der Waals surface area contributed by atoms with Crippen LogP contribution in [0, 0.1) is 0 Å². The Morgan fingerprint density at radius 1 is 1.00 bits per heavy atom. The van der Waals surface area contributed by atoms with Crippen molar-refractivity contribution in [3.8, 4) is 0 Å². The van der Waals surface area contributed by atoms with Crippen molar-refractivity contribution in [2.24, 2.45) is 10.8 Å². The first-order chi connectivity index (χ1) is 13.1. The number of primary amides is 1. The highest BCUT2D eigenvalue weighted by Crippen LogP contribution is 2.33. The van der Waals surface area contributed by atoms with Crippen molar-refractivity contribution >= 4 is 23.2 Å². The van der Waals surface area contributed by atoms with Crippen LogP contribution in [0.2, 0.25) is 0 Å². The van der Waals surface area contributed by atoms with Gasteiger partial charge in [0, 0.05) is 13.0 Å². The van der Waals surface area contributed by atoms with Crippen molar-refractivity contribution < 1.29 is 9.59 Å². The molecule has 0 radical (unpaired) electrons. The van der Waals surface area contributed by atoms with Gasteiger partial charge in [0.2, 0.25) is 5.91 Å². The highest BCUT2D eigenvalue weighted by molar-refractivity contribution is 6.40. The Bertz CT molecular complexity index is 866. The second kappa shape index (κ2) is 7.23. The first-order valence-electron chi connectivity index (χ1n) is 9.22. The average Bonchev–Trinajstić information content (AvgIpc) is 3.36. The van der Waals surface area contributed by atoms with Crippen LogP contribution in [0.5, 0.6) is 0 Å². The molecular weight excluding hydrogens is 340 g/mol. The molecule has 0 bridgehead atoms. The number of nitrogens with zero attached hydrogens (tertiary/aromatic N) is 3. The summed E-state index contributed by atoms with van der Waals surface area (Å²) in [5.41, 5.74) is 7.86. The van der Waals surface area contributed by atoms with Gasteiger partial charge in [-0.1, -0.05) is 48.5 Å². The summed E-state index contributed by atoms with van der Waals surface area (Å²) in [6.07, 6.45) is 2.13. The van der Waals surface area contributed by atoms with Gasteiger partial charge in [-0.25, -0.2) is 0 Å². The van der Waals surface area contributed by atoms with E-state index in [9.17, 15) is 9.59 Å². The number of para-hydroxylation sites is 1. The Balaban J connectivity index is 1.60. The monoisotopic (exact) mass is 362 g/mol. The van der Waals surface area contributed by atoms with E-state index in [2.05, 4.69) is 17.2 Å². The summed E-state index contributed by atoms with van der Waals surface area (Å²) in [5.74, 6) is -0.586. The normalized spacial score (nSPS) is 22.0. The molecule has 2 amide bonds. The van der Waals surface area contributed by atoms with Gasteiger partial charge in [0.15, 0.2) is 0 Å². The van der Waals surface area contributed by atoms with E-state index < -0.39 is 11.9 Å². The molecule has 2 aromatic rings. The number of hydrogen-bond acceptors (Lipinski definition) is 4. The van der Waals surface area contributed by atoms with Crippen molar-refractivity contribution in [1.29, 1.82) is 0 Å². The topological polar surface area (TPSA) is 79.0 Å². The summed E-state index contributed by atoms with van der Waals surface area (Å²) in [4.78, 5) is 27.0. The second-order valence-electron chi connectivity index (χ2n) is 6.92. The number of rotatable bonds is 4. The number of amides is 2. The van der Waals surface area contributed by atoms with Gasteiger partial charge in [-0.3, -0.25) is 14.6 Å². The van der Waals surface area contributed by atoms with Crippen molar-refractivity contribution in [3.63, 3.8) is 0 Å². The maximum Gasteiger partial charge on any atom is 0.270 e. The van der Waals surface area contributed by atoms with Gasteiger partial charge < -0.3 is 10.6 Å². The van der Waals surface area contributed by atoms with E-state index in [1.54, 1.807) is 5.01 Å². The molecule has 2 aromatic carbocycles. The minimum Gasteiger partial charge on any atom is -0.368 e. The lowest BCUT2D eigenvalue weighted by atomic mass is 10.0. The molecule has 1 fully saturated rings. The third kappa shape index (κ3) is 3.30. The van der Waals surface area contributed by atoms with Crippen molar-refractivity contribution in [3.05, 3.63) is 66.2 Å². The van der Waals surface area contributed by atoms with Crippen LogP contribution in [0.3, 0.4) is 0 Å². The Morgan fingerprint density at radius 3 is 2.33 bits per heavy atom. The molecule has 1 saturated heterocycles. The molecule has 27 heavy (non-hydrogen) atoms. The fourth-order valence-electron chi connectivity index (χ4n) is 3.88. The lowest BCUT2D eigenvalue weighted by Crippen LogP contribution is -2.40. The zero-order chi connectivity index (χ0) is 18.8. The van der Waals surface area contributed by atoms with E-state index in [0.717, 1.165) is 24.1 Å². The summed E-state index contributed by atoms with van der Waals surface area (Å²) in [6, 6.07) is 18.8. The van der Waals surface area contributed by atoms with E-state index >= 15 is 0 Å². The van der Waals surface area contributed by atoms with Crippen LogP contribution in [0.4, 0.5) is 5.69 Å². The molecule has 0 spiro atoms. The Hall–Kier alpha value is -3.15. The molecule has 2 N–H and O–H groups in total. The number of carbonyl (C=O) groups is 2. The van der Waals surface area contributed by atoms with E-state index in [0.29, 0.717) is 12.3 Å². The zero-order valence-electron chi connectivity index (χ0n) is 15.0. The van der Waals surface area contributed by atoms with E-state index in [1.807, 2.05) is 53.4 Å². The van der Waals surface area contributed by atoms with Crippen molar-refractivity contribution in [2.75, 3.05) is 11.6 Å². The van der Waals surface area contributed by atoms with Gasteiger partial charge in [-0.05, 0) is 30.5 Å². The van der Waals surface area contributed by atoms with Crippen LogP contribution in [0.15, 0.2) is 65.8 Å². The summed E-state index contributed by atoms with van der Waals surface area (Å²) in [7, 11) is 0. The predicted octanol–water partition coefficient (Wildman–Crippen LogP) is 2.47. The number of nitrogens with two attached hydrogens (primary N) is 1.